The van der Waals surface area contributed by atoms with E-state index in [9.17, 15) is 4.79 Å². The van der Waals surface area contributed by atoms with Gasteiger partial charge in [0, 0.05) is 32.2 Å². The average Bonchev–Trinajstić information content (AvgIpc) is 3.22. The molecule has 0 aromatic heterocycles. The number of methoxy groups -OCH3 is 1. The number of nitrogens with one attached hydrogen (secondary N) is 2. The summed E-state index contributed by atoms with van der Waals surface area (Å²) in [5, 5.41) is 6.18. The van der Waals surface area contributed by atoms with Crippen molar-refractivity contribution < 1.29 is 9.53 Å². The highest BCUT2D eigenvalue weighted by molar-refractivity contribution is 5.78. The third-order valence-corrected chi connectivity index (χ3v) is 3.39. The smallest absolute Gasteiger partial charge is 0.233 e. The van der Waals surface area contributed by atoms with Crippen LogP contribution in [0.15, 0.2) is 30.3 Å². The number of amides is 1. The quantitative estimate of drug-likeness (QED) is 0.694. The van der Waals surface area contributed by atoms with Gasteiger partial charge in [0.05, 0.1) is 6.54 Å². The minimum Gasteiger partial charge on any atom is -0.385 e. The second-order valence-corrected chi connectivity index (χ2v) is 4.94. The van der Waals surface area contributed by atoms with E-state index in [2.05, 4.69) is 34.9 Å². The summed E-state index contributed by atoms with van der Waals surface area (Å²) in [4.78, 5) is 11.6. The zero-order valence-corrected chi connectivity index (χ0v) is 11.4. The van der Waals surface area contributed by atoms with Crippen LogP contribution in [0.4, 0.5) is 0 Å². The Balaban J connectivity index is 1.59. The number of carbonyl (C=O) groups excluding carboxylic acids is 1. The van der Waals surface area contributed by atoms with Crippen LogP contribution in [0.25, 0.3) is 0 Å². The molecule has 2 unspecified atom stereocenters. The summed E-state index contributed by atoms with van der Waals surface area (Å²) in [6.45, 7) is 1.77. The van der Waals surface area contributed by atoms with E-state index in [0.717, 1.165) is 12.8 Å². The molecular weight excluding hydrogens is 240 g/mol. The van der Waals surface area contributed by atoms with Gasteiger partial charge in [-0.05, 0) is 18.4 Å². The molecule has 0 bridgehead atoms. The highest BCUT2D eigenvalue weighted by Gasteiger charge is 2.37. The first kappa shape index (κ1) is 14.0. The lowest BCUT2D eigenvalue weighted by atomic mass is 10.1. The van der Waals surface area contributed by atoms with Crippen LogP contribution < -0.4 is 10.6 Å². The fraction of sp³-hybridized carbons (Fsp3) is 0.533. The van der Waals surface area contributed by atoms with E-state index < -0.39 is 0 Å². The fourth-order valence-electron chi connectivity index (χ4n) is 2.22. The van der Waals surface area contributed by atoms with Gasteiger partial charge < -0.3 is 15.4 Å². The van der Waals surface area contributed by atoms with E-state index in [1.807, 2.05) is 6.07 Å². The maximum absolute atomic E-state index is 11.6. The van der Waals surface area contributed by atoms with Crippen LogP contribution in [0, 0.1) is 0 Å². The second-order valence-electron chi connectivity index (χ2n) is 4.94. The summed E-state index contributed by atoms with van der Waals surface area (Å²) in [5.74, 6) is 0.636. The number of ether oxygens (including phenoxy) is 1. The van der Waals surface area contributed by atoms with Crippen molar-refractivity contribution in [1.82, 2.24) is 10.6 Å². The summed E-state index contributed by atoms with van der Waals surface area (Å²) in [7, 11) is 1.67. The molecule has 0 spiro atoms. The summed E-state index contributed by atoms with van der Waals surface area (Å²) >= 11 is 0. The van der Waals surface area contributed by atoms with Crippen molar-refractivity contribution in [3.8, 4) is 0 Å². The first-order valence-corrected chi connectivity index (χ1v) is 6.85. The topological polar surface area (TPSA) is 50.4 Å². The van der Waals surface area contributed by atoms with Gasteiger partial charge >= 0.3 is 0 Å². The Hall–Kier alpha value is -1.39. The summed E-state index contributed by atoms with van der Waals surface area (Å²) in [6.07, 6.45) is 1.99. The lowest BCUT2D eigenvalue weighted by Gasteiger charge is -2.06. The zero-order valence-electron chi connectivity index (χ0n) is 11.4. The molecule has 2 rings (SSSR count). The van der Waals surface area contributed by atoms with Gasteiger partial charge in [-0.2, -0.15) is 0 Å². The number of rotatable bonds is 8. The lowest BCUT2D eigenvalue weighted by Crippen LogP contribution is -2.35. The summed E-state index contributed by atoms with van der Waals surface area (Å²) in [6, 6.07) is 10.9. The molecule has 1 saturated carbocycles. The summed E-state index contributed by atoms with van der Waals surface area (Å²) < 4.78 is 4.93. The van der Waals surface area contributed by atoms with E-state index in [1.54, 1.807) is 7.11 Å². The molecule has 0 radical (unpaired) electrons. The van der Waals surface area contributed by atoms with Gasteiger partial charge in [-0.1, -0.05) is 30.3 Å². The molecule has 1 aromatic rings. The molecule has 4 heteroatoms. The Labute approximate surface area is 114 Å². The molecule has 1 fully saturated rings. The lowest BCUT2D eigenvalue weighted by molar-refractivity contribution is -0.120. The minimum atomic E-state index is 0.0646. The summed E-state index contributed by atoms with van der Waals surface area (Å²) in [5.41, 5.74) is 1.36. The third kappa shape index (κ3) is 4.65. The van der Waals surface area contributed by atoms with Crippen molar-refractivity contribution in [2.45, 2.75) is 24.8 Å². The molecule has 1 aromatic carbocycles. The third-order valence-electron chi connectivity index (χ3n) is 3.39. The van der Waals surface area contributed by atoms with E-state index >= 15 is 0 Å². The first-order chi connectivity index (χ1) is 9.31. The van der Waals surface area contributed by atoms with Gasteiger partial charge in [0.25, 0.3) is 0 Å². The molecule has 2 N–H and O–H groups in total. The van der Waals surface area contributed by atoms with E-state index in [0.29, 0.717) is 31.7 Å². The SMILES string of the molecule is COCCCNC(=O)CNC1CC1c1ccccc1. The molecule has 2 atom stereocenters. The Morgan fingerprint density at radius 3 is 2.89 bits per heavy atom. The van der Waals surface area contributed by atoms with E-state index in [4.69, 9.17) is 4.74 Å². The van der Waals surface area contributed by atoms with Gasteiger partial charge in [-0.15, -0.1) is 0 Å². The van der Waals surface area contributed by atoms with Crippen LogP contribution in [0.3, 0.4) is 0 Å². The molecular formula is C15H22N2O2. The first-order valence-electron chi connectivity index (χ1n) is 6.85. The Bertz CT molecular complexity index is 394. The van der Waals surface area contributed by atoms with Gasteiger partial charge in [-0.3, -0.25) is 4.79 Å². The molecule has 4 nitrogen and oxygen atoms in total. The Kier molecular flexibility index (Phi) is 5.36. The van der Waals surface area contributed by atoms with Gasteiger partial charge in [0.2, 0.25) is 5.91 Å². The van der Waals surface area contributed by atoms with Crippen molar-refractivity contribution in [2.75, 3.05) is 26.8 Å². The van der Waals surface area contributed by atoms with Crippen LogP contribution in [-0.4, -0.2) is 38.8 Å². The van der Waals surface area contributed by atoms with Gasteiger partial charge in [-0.25, -0.2) is 0 Å². The average molecular weight is 262 g/mol. The van der Waals surface area contributed by atoms with Crippen molar-refractivity contribution in [3.63, 3.8) is 0 Å². The van der Waals surface area contributed by atoms with Crippen molar-refractivity contribution in [1.29, 1.82) is 0 Å². The number of benzene rings is 1. The van der Waals surface area contributed by atoms with Crippen molar-refractivity contribution >= 4 is 5.91 Å². The Morgan fingerprint density at radius 1 is 1.37 bits per heavy atom. The minimum absolute atomic E-state index is 0.0646. The van der Waals surface area contributed by atoms with E-state index in [-0.39, 0.29) is 5.91 Å². The molecule has 104 valence electrons. The fourth-order valence-corrected chi connectivity index (χ4v) is 2.22. The van der Waals surface area contributed by atoms with E-state index in [1.165, 1.54) is 5.56 Å². The molecule has 1 amide bonds. The second kappa shape index (κ2) is 7.26. The van der Waals surface area contributed by atoms with Crippen LogP contribution in [0.5, 0.6) is 0 Å². The molecule has 0 saturated heterocycles. The normalized spacial score (nSPS) is 21.1. The van der Waals surface area contributed by atoms with Gasteiger partial charge in [0.15, 0.2) is 0 Å². The number of hydrogen-bond acceptors (Lipinski definition) is 3. The van der Waals surface area contributed by atoms with Crippen LogP contribution in [-0.2, 0) is 9.53 Å². The van der Waals surface area contributed by atoms with Crippen molar-refractivity contribution in [2.24, 2.45) is 0 Å². The van der Waals surface area contributed by atoms with Crippen LogP contribution in [0.2, 0.25) is 0 Å². The maximum atomic E-state index is 11.6. The monoisotopic (exact) mass is 262 g/mol. The highest BCUT2D eigenvalue weighted by Crippen LogP contribution is 2.40. The van der Waals surface area contributed by atoms with Gasteiger partial charge in [0.1, 0.15) is 0 Å². The molecule has 1 aliphatic rings. The Morgan fingerprint density at radius 2 is 2.16 bits per heavy atom. The number of hydrogen-bond donors (Lipinski definition) is 2. The molecule has 19 heavy (non-hydrogen) atoms. The van der Waals surface area contributed by atoms with Crippen LogP contribution >= 0.6 is 0 Å². The standard InChI is InChI=1S/C15H22N2O2/c1-19-9-5-8-16-15(18)11-17-14-10-13(14)12-6-3-2-4-7-12/h2-4,6-7,13-14,17H,5,8-11H2,1H3,(H,16,18). The van der Waals surface area contributed by atoms with Crippen molar-refractivity contribution in [3.05, 3.63) is 35.9 Å². The maximum Gasteiger partial charge on any atom is 0.233 e. The molecule has 0 heterocycles. The van der Waals surface area contributed by atoms with Crippen LogP contribution in [0.1, 0.15) is 24.3 Å². The number of carbonyl (C=O) groups is 1. The molecule has 0 aliphatic heterocycles. The largest absolute Gasteiger partial charge is 0.385 e. The zero-order chi connectivity index (χ0) is 13.5. The predicted octanol–water partition coefficient (Wildman–Crippen LogP) is 1.28. The highest BCUT2D eigenvalue weighted by atomic mass is 16.5. The molecule has 1 aliphatic carbocycles. The predicted molar refractivity (Wildman–Crippen MR) is 75.1 cm³/mol.